The number of hydrogen-bond donors (Lipinski definition) is 0. The molecule has 59 heavy (non-hydrogen) atoms. The summed E-state index contributed by atoms with van der Waals surface area (Å²) in [5.41, 5.74) is 0.893. The van der Waals surface area contributed by atoms with Crippen LogP contribution in [0.15, 0.2) is 54.9 Å². The van der Waals surface area contributed by atoms with Crippen LogP contribution in [-0.2, 0) is 51.9 Å². The van der Waals surface area contributed by atoms with E-state index in [1.807, 2.05) is 20.8 Å². The minimum atomic E-state index is -3.56. The van der Waals surface area contributed by atoms with Crippen LogP contribution in [0.25, 0.3) is 33.3 Å². The SMILES string of the molecule is Cn1nc(CS(C)(=O)=O)c2c(Cl)ccc(-c3ccc(-c4cnn(C(C)(C)C)c4)nc3[C@@H](CC(=O)Cn3nc(C(F)F)c4c3C(F)(F)[C@@H]3C[C@H]43)Cc3cc(F)cc(F)c3)c21. The number of benzene rings is 2. The van der Waals surface area contributed by atoms with E-state index in [2.05, 4.69) is 15.3 Å². The lowest BCUT2D eigenvalue weighted by Crippen LogP contribution is -2.24. The fraction of sp³-hybridized carbons (Fsp3) is 0.390. The molecular weight excluding hydrogens is 820 g/mol. The third kappa shape index (κ3) is 7.55. The first-order valence-electron chi connectivity index (χ1n) is 18.7. The van der Waals surface area contributed by atoms with Crippen molar-refractivity contribution in [3.63, 3.8) is 0 Å². The van der Waals surface area contributed by atoms with Crippen molar-refractivity contribution in [3.05, 3.63) is 105 Å². The van der Waals surface area contributed by atoms with Gasteiger partial charge in [0.25, 0.3) is 12.3 Å². The van der Waals surface area contributed by atoms with Crippen LogP contribution in [0, 0.1) is 17.6 Å². The molecule has 1 fully saturated rings. The van der Waals surface area contributed by atoms with E-state index in [9.17, 15) is 30.8 Å². The number of carbonyl (C=O) groups is 1. The van der Waals surface area contributed by atoms with Crippen LogP contribution in [0.5, 0.6) is 0 Å². The normalized spacial score (nSPS) is 17.8. The second kappa shape index (κ2) is 14.3. The van der Waals surface area contributed by atoms with Crippen LogP contribution >= 0.6 is 11.6 Å². The molecule has 0 N–H and O–H groups in total. The van der Waals surface area contributed by atoms with Gasteiger partial charge in [-0.25, -0.2) is 26.0 Å². The van der Waals surface area contributed by atoms with Crippen LogP contribution < -0.4 is 0 Å². The first-order chi connectivity index (χ1) is 27.6. The van der Waals surface area contributed by atoms with E-state index in [1.54, 1.807) is 48.4 Å². The Balaban J connectivity index is 1.30. The Hall–Kier alpha value is -5.03. The molecule has 2 aliphatic rings. The number of carbonyl (C=O) groups excluding carboxylic acids is 1. The highest BCUT2D eigenvalue weighted by molar-refractivity contribution is 7.89. The van der Waals surface area contributed by atoms with Gasteiger partial charge in [-0.1, -0.05) is 23.7 Å². The molecule has 3 atom stereocenters. The van der Waals surface area contributed by atoms with E-state index < -0.39 is 93.0 Å². The molecule has 310 valence electrons. The maximum absolute atomic E-state index is 15.5. The summed E-state index contributed by atoms with van der Waals surface area (Å²) in [4.78, 5) is 19.3. The summed E-state index contributed by atoms with van der Waals surface area (Å²) in [7, 11) is -1.95. The number of sulfone groups is 1. The maximum Gasteiger partial charge on any atom is 0.293 e. The lowest BCUT2D eigenvalue weighted by atomic mass is 9.86. The van der Waals surface area contributed by atoms with E-state index in [0.717, 1.165) is 18.4 Å². The summed E-state index contributed by atoms with van der Waals surface area (Å²) < 4.78 is 117. The Morgan fingerprint density at radius 1 is 1.02 bits per heavy atom. The number of alkyl halides is 4. The van der Waals surface area contributed by atoms with Crippen LogP contribution in [0.2, 0.25) is 5.02 Å². The molecule has 2 aliphatic carbocycles. The monoisotopic (exact) mass is 857 g/mol. The average molecular weight is 858 g/mol. The van der Waals surface area contributed by atoms with Gasteiger partial charge < -0.3 is 0 Å². The lowest BCUT2D eigenvalue weighted by molar-refractivity contribution is -0.120. The highest BCUT2D eigenvalue weighted by Crippen LogP contribution is 2.68. The molecule has 4 heterocycles. The Bertz CT molecular complexity index is 2770. The third-order valence-electron chi connectivity index (χ3n) is 10.9. The van der Waals surface area contributed by atoms with Crippen molar-refractivity contribution in [3.8, 4) is 22.4 Å². The van der Waals surface area contributed by atoms with Crippen molar-refractivity contribution in [1.29, 1.82) is 0 Å². The van der Waals surface area contributed by atoms with Crippen molar-refractivity contribution in [1.82, 2.24) is 34.3 Å². The molecule has 0 aliphatic heterocycles. The zero-order valence-corrected chi connectivity index (χ0v) is 34.0. The van der Waals surface area contributed by atoms with Crippen LogP contribution in [0.4, 0.5) is 26.3 Å². The van der Waals surface area contributed by atoms with Gasteiger partial charge >= 0.3 is 0 Å². The largest absolute Gasteiger partial charge is 0.298 e. The van der Waals surface area contributed by atoms with Crippen molar-refractivity contribution in [2.24, 2.45) is 13.0 Å². The van der Waals surface area contributed by atoms with E-state index in [4.69, 9.17) is 16.6 Å². The molecular formula is C41H38ClF6N7O3S. The Kier molecular flexibility index (Phi) is 9.88. The average Bonchev–Trinajstić information content (AvgIpc) is 3.36. The summed E-state index contributed by atoms with van der Waals surface area (Å²) in [6, 6.07) is 9.64. The standard InChI is InChI=1S/C41H38ClF6N7O3S/c1-40(2,3)55-17-22(16-49-55)31-9-7-26(27-6-8-30(42)34-32(19-59(5,57)58)51-53(4)37(27)34)35(50-31)21(10-20-11-23(43)14-24(44)12-20)13-25(56)18-54-38-33(36(52-54)39(45)46)28-15-29(28)41(38,47)48/h6-9,11-12,14,16-17,21,28-29,39H,10,13,15,18-19H2,1-5H3/t21-,28+,29-/m1/s1. The van der Waals surface area contributed by atoms with Crippen molar-refractivity contribution >= 4 is 38.1 Å². The quantitative estimate of drug-likeness (QED) is 0.113. The van der Waals surface area contributed by atoms with E-state index in [0.29, 0.717) is 44.0 Å². The molecule has 0 spiro atoms. The molecule has 8 rings (SSSR count). The number of aromatic nitrogens is 7. The number of ketones is 1. The van der Waals surface area contributed by atoms with E-state index >= 15 is 8.78 Å². The first-order valence-corrected chi connectivity index (χ1v) is 21.2. The van der Waals surface area contributed by atoms with Gasteiger partial charge in [0.2, 0.25) is 0 Å². The smallest absolute Gasteiger partial charge is 0.293 e. The number of Topliss-reactive ketones (excluding diaryl/α,β-unsaturated/α-hetero) is 1. The lowest BCUT2D eigenvalue weighted by Gasteiger charge is -2.22. The van der Waals surface area contributed by atoms with Gasteiger partial charge in [-0.15, -0.1) is 0 Å². The van der Waals surface area contributed by atoms with Gasteiger partial charge in [0.1, 0.15) is 29.6 Å². The molecule has 0 bridgehead atoms. The predicted octanol–water partition coefficient (Wildman–Crippen LogP) is 9.06. The van der Waals surface area contributed by atoms with Crippen LogP contribution in [0.1, 0.15) is 85.8 Å². The van der Waals surface area contributed by atoms with Crippen molar-refractivity contribution < 1.29 is 39.6 Å². The summed E-state index contributed by atoms with van der Waals surface area (Å²) in [5.74, 6) is -9.20. The molecule has 18 heteroatoms. The zero-order valence-electron chi connectivity index (χ0n) is 32.5. The number of aryl methyl sites for hydroxylation is 1. The summed E-state index contributed by atoms with van der Waals surface area (Å²) in [5, 5.41) is 13.4. The summed E-state index contributed by atoms with van der Waals surface area (Å²) in [6.45, 7) is 5.11. The van der Waals surface area contributed by atoms with Gasteiger partial charge in [-0.2, -0.15) is 24.1 Å². The van der Waals surface area contributed by atoms with Gasteiger partial charge in [-0.05, 0) is 69.4 Å². The highest BCUT2D eigenvalue weighted by Gasteiger charge is 2.67. The molecule has 2 aromatic carbocycles. The van der Waals surface area contributed by atoms with E-state index in [-0.39, 0.29) is 40.4 Å². The van der Waals surface area contributed by atoms with Gasteiger partial charge in [0.15, 0.2) is 15.6 Å². The minimum absolute atomic E-state index is 0.0510. The van der Waals surface area contributed by atoms with Crippen molar-refractivity contribution in [2.75, 3.05) is 6.26 Å². The molecule has 1 saturated carbocycles. The van der Waals surface area contributed by atoms with Crippen molar-refractivity contribution in [2.45, 2.75) is 82.1 Å². The zero-order chi connectivity index (χ0) is 42.5. The molecule has 0 unspecified atom stereocenters. The Labute approximate surface area is 340 Å². The number of fused-ring (bicyclic) bond motifs is 4. The highest BCUT2D eigenvalue weighted by atomic mass is 35.5. The van der Waals surface area contributed by atoms with E-state index in [1.165, 1.54) is 4.68 Å². The van der Waals surface area contributed by atoms with Gasteiger partial charge in [0, 0.05) is 71.5 Å². The number of hydrogen-bond acceptors (Lipinski definition) is 7. The topological polar surface area (TPSA) is 118 Å². The number of pyridine rings is 1. The molecule has 4 aromatic heterocycles. The predicted molar refractivity (Wildman–Crippen MR) is 208 cm³/mol. The molecule has 10 nitrogen and oxygen atoms in total. The molecule has 0 amide bonds. The number of halogens is 7. The molecule has 6 aromatic rings. The summed E-state index contributed by atoms with van der Waals surface area (Å²) in [6.07, 6.45) is 0.770. The first kappa shape index (κ1) is 40.7. The second-order valence-corrected chi connectivity index (χ2v) is 19.1. The Morgan fingerprint density at radius 2 is 1.71 bits per heavy atom. The molecule has 0 radical (unpaired) electrons. The third-order valence-corrected chi connectivity index (χ3v) is 12.1. The van der Waals surface area contributed by atoms with Crippen LogP contribution in [0.3, 0.4) is 0 Å². The summed E-state index contributed by atoms with van der Waals surface area (Å²) >= 11 is 6.69. The maximum atomic E-state index is 15.5. The van der Waals surface area contributed by atoms with Gasteiger partial charge in [-0.3, -0.25) is 23.8 Å². The second-order valence-electron chi connectivity index (χ2n) is 16.5. The fourth-order valence-corrected chi connectivity index (χ4v) is 9.34. The number of rotatable bonds is 12. The fourth-order valence-electron chi connectivity index (χ4n) is 8.38. The molecule has 0 saturated heterocycles. The Morgan fingerprint density at radius 3 is 2.36 bits per heavy atom. The minimum Gasteiger partial charge on any atom is -0.298 e. The number of nitrogens with zero attached hydrogens (tertiary/aromatic N) is 7. The van der Waals surface area contributed by atoms with Gasteiger partial charge in [0.05, 0.1) is 45.1 Å². The van der Waals surface area contributed by atoms with Crippen LogP contribution in [-0.4, -0.2) is 54.8 Å².